The molecule has 2 rings (SSSR count). The predicted octanol–water partition coefficient (Wildman–Crippen LogP) is 1.18. The number of carbonyl (C=O) groups is 1. The predicted molar refractivity (Wildman–Crippen MR) is 76.7 cm³/mol. The van der Waals surface area contributed by atoms with Crippen LogP contribution in [0.15, 0.2) is 18.2 Å². The van der Waals surface area contributed by atoms with Crippen LogP contribution in [0.5, 0.6) is 0 Å². The van der Waals surface area contributed by atoms with Gasteiger partial charge in [-0.3, -0.25) is 4.90 Å². The van der Waals surface area contributed by atoms with Crippen molar-refractivity contribution in [3.05, 3.63) is 34.9 Å². The van der Waals surface area contributed by atoms with Gasteiger partial charge in [-0.15, -0.1) is 0 Å². The number of carboxylic acid groups (broad SMARTS) is 1. The number of hydrogen-bond acceptors (Lipinski definition) is 4. The van der Waals surface area contributed by atoms with Gasteiger partial charge in [0.1, 0.15) is 0 Å². The molecule has 0 aromatic heterocycles. The maximum absolute atomic E-state index is 11.5. The molecule has 1 N–H and O–H groups in total. The smallest absolute Gasteiger partial charge is 0.335 e. The number of fused-ring (bicyclic) bond motifs is 1. The number of hydrogen-bond donors (Lipinski definition) is 1. The molecule has 5 nitrogen and oxygen atoms in total. The lowest BCUT2D eigenvalue weighted by molar-refractivity contribution is 0.0696. The Kier molecular flexibility index (Phi) is 4.45. The Morgan fingerprint density at radius 2 is 2.10 bits per heavy atom. The van der Waals surface area contributed by atoms with E-state index in [1.54, 1.807) is 19.1 Å². The molecule has 1 aliphatic rings. The molecule has 0 bridgehead atoms. The van der Waals surface area contributed by atoms with Crippen LogP contribution in [0.1, 0.15) is 28.4 Å². The molecule has 110 valence electrons. The molecule has 6 heteroatoms. The molecule has 1 heterocycles. The van der Waals surface area contributed by atoms with Crippen molar-refractivity contribution in [3.63, 3.8) is 0 Å². The van der Waals surface area contributed by atoms with Crippen molar-refractivity contribution < 1.29 is 18.3 Å². The molecular formula is C14H19NO4S. The molecule has 0 amide bonds. The van der Waals surface area contributed by atoms with E-state index in [9.17, 15) is 13.2 Å². The molecule has 0 atom stereocenters. The van der Waals surface area contributed by atoms with E-state index >= 15 is 0 Å². The summed E-state index contributed by atoms with van der Waals surface area (Å²) in [5.74, 6) is -0.601. The van der Waals surface area contributed by atoms with Gasteiger partial charge in [-0.2, -0.15) is 0 Å². The van der Waals surface area contributed by atoms with Gasteiger partial charge in [0, 0.05) is 25.4 Å². The Labute approximate surface area is 119 Å². The second-order valence-electron chi connectivity index (χ2n) is 5.05. The minimum absolute atomic E-state index is 0.164. The second kappa shape index (κ2) is 5.93. The Morgan fingerprint density at radius 1 is 1.35 bits per heavy atom. The van der Waals surface area contributed by atoms with E-state index in [0.29, 0.717) is 13.1 Å². The average Bonchev–Trinajstić information content (AvgIpc) is 2.44. The molecule has 0 saturated heterocycles. The van der Waals surface area contributed by atoms with Crippen LogP contribution in [0.3, 0.4) is 0 Å². The van der Waals surface area contributed by atoms with Crippen molar-refractivity contribution in [2.45, 2.75) is 19.9 Å². The van der Waals surface area contributed by atoms with Gasteiger partial charge in [-0.1, -0.05) is 13.0 Å². The molecule has 20 heavy (non-hydrogen) atoms. The second-order valence-corrected chi connectivity index (χ2v) is 7.52. The minimum atomic E-state index is -2.95. The standard InChI is InChI=1S/C14H19NO4S/c1-2-20(18,19)8-7-15-6-5-11-3-4-12(14(16)17)9-13(11)10-15/h3-4,9H,2,5-8,10H2,1H3,(H,16,17). The van der Waals surface area contributed by atoms with E-state index in [0.717, 1.165) is 24.1 Å². The number of aromatic carboxylic acids is 1. The highest BCUT2D eigenvalue weighted by Crippen LogP contribution is 2.20. The van der Waals surface area contributed by atoms with E-state index < -0.39 is 15.8 Å². The lowest BCUT2D eigenvalue weighted by Crippen LogP contribution is -2.34. The number of nitrogens with zero attached hydrogens (tertiary/aromatic N) is 1. The fraction of sp³-hybridized carbons (Fsp3) is 0.500. The first-order valence-electron chi connectivity index (χ1n) is 6.69. The highest BCUT2D eigenvalue weighted by molar-refractivity contribution is 7.91. The van der Waals surface area contributed by atoms with Crippen LogP contribution in [0, 0.1) is 0 Å². The van der Waals surface area contributed by atoms with Gasteiger partial charge < -0.3 is 5.11 Å². The third kappa shape index (κ3) is 3.58. The van der Waals surface area contributed by atoms with Gasteiger partial charge in [-0.25, -0.2) is 13.2 Å². The molecule has 0 unspecified atom stereocenters. The van der Waals surface area contributed by atoms with E-state index in [1.165, 1.54) is 0 Å². The van der Waals surface area contributed by atoms with Crippen LogP contribution in [-0.2, 0) is 22.8 Å². The molecule has 0 aliphatic carbocycles. The third-order valence-electron chi connectivity index (χ3n) is 3.70. The third-order valence-corrected chi connectivity index (χ3v) is 5.39. The largest absolute Gasteiger partial charge is 0.478 e. The zero-order valence-corrected chi connectivity index (χ0v) is 12.3. The SMILES string of the molecule is CCS(=O)(=O)CCN1CCc2ccc(C(=O)O)cc2C1. The van der Waals surface area contributed by atoms with Gasteiger partial charge >= 0.3 is 5.97 Å². The van der Waals surface area contributed by atoms with E-state index in [1.807, 2.05) is 6.07 Å². The van der Waals surface area contributed by atoms with Crippen molar-refractivity contribution in [2.75, 3.05) is 24.6 Å². The maximum atomic E-state index is 11.5. The molecule has 1 aromatic carbocycles. The van der Waals surface area contributed by atoms with E-state index in [4.69, 9.17) is 5.11 Å². The summed E-state index contributed by atoms with van der Waals surface area (Å²) in [5.41, 5.74) is 2.43. The normalized spacial score (nSPS) is 15.8. The summed E-state index contributed by atoms with van der Waals surface area (Å²) in [7, 11) is -2.95. The topological polar surface area (TPSA) is 74.7 Å². The summed E-state index contributed by atoms with van der Waals surface area (Å²) in [4.78, 5) is 13.0. The Hall–Kier alpha value is -1.40. The van der Waals surface area contributed by atoms with Crippen molar-refractivity contribution in [1.82, 2.24) is 4.90 Å². The highest BCUT2D eigenvalue weighted by Gasteiger charge is 2.19. The monoisotopic (exact) mass is 297 g/mol. The van der Waals surface area contributed by atoms with Crippen molar-refractivity contribution >= 4 is 15.8 Å². The first-order chi connectivity index (χ1) is 9.41. The van der Waals surface area contributed by atoms with Gasteiger partial charge in [-0.05, 0) is 29.7 Å². The summed E-state index contributed by atoms with van der Waals surface area (Å²) in [6, 6.07) is 5.18. The lowest BCUT2D eigenvalue weighted by Gasteiger charge is -2.28. The number of carboxylic acids is 1. The van der Waals surface area contributed by atoms with Crippen LogP contribution < -0.4 is 0 Å². The first-order valence-corrected chi connectivity index (χ1v) is 8.51. The number of benzene rings is 1. The Bertz CT molecular complexity index is 610. The molecule has 0 radical (unpaired) electrons. The van der Waals surface area contributed by atoms with Crippen molar-refractivity contribution in [3.8, 4) is 0 Å². The number of sulfone groups is 1. The van der Waals surface area contributed by atoms with Crippen molar-refractivity contribution in [2.24, 2.45) is 0 Å². The highest BCUT2D eigenvalue weighted by atomic mass is 32.2. The van der Waals surface area contributed by atoms with Gasteiger partial charge in [0.15, 0.2) is 9.84 Å². The fourth-order valence-electron chi connectivity index (χ4n) is 2.35. The maximum Gasteiger partial charge on any atom is 0.335 e. The average molecular weight is 297 g/mol. The molecule has 0 spiro atoms. The summed E-state index contributed by atoms with van der Waals surface area (Å²) in [6.45, 7) is 3.60. The molecular weight excluding hydrogens is 278 g/mol. The van der Waals surface area contributed by atoms with E-state index in [-0.39, 0.29) is 17.1 Å². The van der Waals surface area contributed by atoms with Crippen LogP contribution >= 0.6 is 0 Å². The zero-order valence-electron chi connectivity index (χ0n) is 11.5. The molecule has 1 aliphatic heterocycles. The van der Waals surface area contributed by atoms with Crippen LogP contribution in [0.25, 0.3) is 0 Å². The summed E-state index contributed by atoms with van der Waals surface area (Å²) >= 11 is 0. The minimum Gasteiger partial charge on any atom is -0.478 e. The zero-order chi connectivity index (χ0) is 14.8. The Balaban J connectivity index is 2.06. The Morgan fingerprint density at radius 3 is 2.75 bits per heavy atom. The van der Waals surface area contributed by atoms with Crippen LogP contribution in [0.2, 0.25) is 0 Å². The number of rotatable bonds is 5. The van der Waals surface area contributed by atoms with Crippen LogP contribution in [-0.4, -0.2) is 49.0 Å². The fourth-order valence-corrected chi connectivity index (χ4v) is 3.18. The van der Waals surface area contributed by atoms with Crippen molar-refractivity contribution in [1.29, 1.82) is 0 Å². The van der Waals surface area contributed by atoms with Gasteiger partial charge in [0.05, 0.1) is 11.3 Å². The summed E-state index contributed by atoms with van der Waals surface area (Å²) in [6.07, 6.45) is 0.835. The molecule has 1 aromatic rings. The van der Waals surface area contributed by atoms with Gasteiger partial charge in [0.25, 0.3) is 0 Å². The summed E-state index contributed by atoms with van der Waals surface area (Å²) in [5, 5.41) is 9.00. The molecule has 0 saturated carbocycles. The quantitative estimate of drug-likeness (QED) is 0.883. The summed E-state index contributed by atoms with van der Waals surface area (Å²) < 4.78 is 23.1. The van der Waals surface area contributed by atoms with Crippen LogP contribution in [0.4, 0.5) is 0 Å². The van der Waals surface area contributed by atoms with E-state index in [2.05, 4.69) is 4.90 Å². The first kappa shape index (κ1) is 15.0. The molecule has 0 fully saturated rings. The van der Waals surface area contributed by atoms with Gasteiger partial charge in [0.2, 0.25) is 0 Å². The lowest BCUT2D eigenvalue weighted by atomic mass is 9.97.